The van der Waals surface area contributed by atoms with Gasteiger partial charge in [-0.3, -0.25) is 9.59 Å². The van der Waals surface area contributed by atoms with Crippen molar-refractivity contribution in [3.8, 4) is 11.5 Å². The summed E-state index contributed by atoms with van der Waals surface area (Å²) in [6, 6.07) is 8.20. The van der Waals surface area contributed by atoms with E-state index in [9.17, 15) is 22.8 Å². The average molecular weight is 488 g/mol. The standard InChI is InChI=1S/C24H23F3N4O4/c25-16-2-3-18-17(12-16)15(13-30-18)5-8-29-22(33)23(6-9-28-10-7-23)31-21(32)14-1-4-19-20(11-14)35-24(26,27)34-19/h1-4,11-13,28,30H,5-10H2,(H,29,33)(H,31,32). The van der Waals surface area contributed by atoms with E-state index in [1.54, 1.807) is 12.3 Å². The lowest BCUT2D eigenvalue weighted by molar-refractivity contribution is -0.286. The average Bonchev–Trinajstić information content (AvgIpc) is 3.37. The molecule has 2 amide bonds. The minimum Gasteiger partial charge on any atom is -0.395 e. The number of carbonyl (C=O) groups excluding carboxylic acids is 2. The number of aromatic amines is 1. The number of hydrogen-bond acceptors (Lipinski definition) is 5. The van der Waals surface area contributed by atoms with Crippen molar-refractivity contribution in [1.82, 2.24) is 20.9 Å². The molecule has 8 nitrogen and oxygen atoms in total. The number of amides is 2. The van der Waals surface area contributed by atoms with Crippen LogP contribution in [0.3, 0.4) is 0 Å². The fraction of sp³-hybridized carbons (Fsp3) is 0.333. The summed E-state index contributed by atoms with van der Waals surface area (Å²) in [5.41, 5.74) is 0.558. The van der Waals surface area contributed by atoms with Gasteiger partial charge < -0.3 is 30.4 Å². The van der Waals surface area contributed by atoms with Crippen LogP contribution in [-0.2, 0) is 11.2 Å². The Bertz CT molecular complexity index is 1290. The molecule has 2 aliphatic rings. The van der Waals surface area contributed by atoms with E-state index in [0.717, 1.165) is 22.5 Å². The summed E-state index contributed by atoms with van der Waals surface area (Å²) in [4.78, 5) is 29.3. The lowest BCUT2D eigenvalue weighted by Crippen LogP contribution is -2.63. The Kier molecular flexibility index (Phi) is 5.79. The van der Waals surface area contributed by atoms with Crippen LogP contribution in [0, 0.1) is 5.82 Å². The fourth-order valence-corrected chi connectivity index (χ4v) is 4.48. The van der Waals surface area contributed by atoms with Crippen molar-refractivity contribution in [1.29, 1.82) is 0 Å². The van der Waals surface area contributed by atoms with Crippen LogP contribution in [0.5, 0.6) is 11.5 Å². The van der Waals surface area contributed by atoms with Crippen LogP contribution >= 0.6 is 0 Å². The number of carbonyl (C=O) groups is 2. The first-order valence-corrected chi connectivity index (χ1v) is 11.2. The third-order valence-corrected chi connectivity index (χ3v) is 6.32. The van der Waals surface area contributed by atoms with Gasteiger partial charge in [-0.25, -0.2) is 4.39 Å². The highest BCUT2D eigenvalue weighted by molar-refractivity contribution is 6.00. The summed E-state index contributed by atoms with van der Waals surface area (Å²) in [5.74, 6) is -1.69. The second kappa shape index (κ2) is 8.81. The number of halogens is 3. The van der Waals surface area contributed by atoms with Gasteiger partial charge in [0.25, 0.3) is 5.91 Å². The van der Waals surface area contributed by atoms with Crippen molar-refractivity contribution >= 4 is 22.7 Å². The van der Waals surface area contributed by atoms with E-state index in [2.05, 4.69) is 30.4 Å². The molecule has 0 atom stereocenters. The quantitative estimate of drug-likeness (QED) is 0.427. The summed E-state index contributed by atoms with van der Waals surface area (Å²) in [5, 5.41) is 9.61. The molecule has 0 saturated carbocycles. The number of H-pyrrole nitrogens is 1. The smallest absolute Gasteiger partial charge is 0.395 e. The Morgan fingerprint density at radius 3 is 2.60 bits per heavy atom. The molecule has 11 heteroatoms. The molecule has 2 aliphatic heterocycles. The molecule has 0 spiro atoms. The van der Waals surface area contributed by atoms with Gasteiger partial charge >= 0.3 is 6.29 Å². The Labute approximate surface area is 198 Å². The van der Waals surface area contributed by atoms with E-state index in [1.165, 1.54) is 24.3 Å². The van der Waals surface area contributed by atoms with Crippen molar-refractivity contribution in [2.24, 2.45) is 0 Å². The molecular weight excluding hydrogens is 465 g/mol. The number of hydrogen-bond donors (Lipinski definition) is 4. The van der Waals surface area contributed by atoms with Gasteiger partial charge in [0.15, 0.2) is 11.5 Å². The van der Waals surface area contributed by atoms with Gasteiger partial charge in [0.05, 0.1) is 0 Å². The van der Waals surface area contributed by atoms with E-state index in [0.29, 0.717) is 32.4 Å². The van der Waals surface area contributed by atoms with Crippen molar-refractivity contribution < 1.29 is 32.2 Å². The molecule has 0 unspecified atom stereocenters. The zero-order chi connectivity index (χ0) is 24.6. The maximum Gasteiger partial charge on any atom is 0.586 e. The third-order valence-electron chi connectivity index (χ3n) is 6.32. The van der Waals surface area contributed by atoms with Gasteiger partial charge in [0, 0.05) is 29.2 Å². The van der Waals surface area contributed by atoms with Crippen LogP contribution < -0.4 is 25.4 Å². The highest BCUT2D eigenvalue weighted by atomic mass is 19.3. The summed E-state index contributed by atoms with van der Waals surface area (Å²) in [6.45, 7) is 1.32. The van der Waals surface area contributed by atoms with Gasteiger partial charge in [-0.2, -0.15) is 0 Å². The lowest BCUT2D eigenvalue weighted by Gasteiger charge is -2.37. The second-order valence-corrected chi connectivity index (χ2v) is 8.62. The Morgan fingerprint density at radius 2 is 1.80 bits per heavy atom. The maximum atomic E-state index is 13.6. The van der Waals surface area contributed by atoms with Crippen LogP contribution in [0.2, 0.25) is 0 Å². The van der Waals surface area contributed by atoms with Gasteiger partial charge in [-0.05, 0) is 74.3 Å². The topological polar surface area (TPSA) is 104 Å². The van der Waals surface area contributed by atoms with Crippen molar-refractivity contribution in [3.63, 3.8) is 0 Å². The van der Waals surface area contributed by atoms with Crippen molar-refractivity contribution in [3.05, 3.63) is 59.5 Å². The fourth-order valence-electron chi connectivity index (χ4n) is 4.48. The molecule has 1 aromatic heterocycles. The number of benzene rings is 2. The summed E-state index contributed by atoms with van der Waals surface area (Å²) in [6.07, 6.45) is -0.837. The van der Waals surface area contributed by atoms with Crippen LogP contribution in [0.1, 0.15) is 28.8 Å². The molecule has 0 radical (unpaired) electrons. The predicted octanol–water partition coefficient (Wildman–Crippen LogP) is 2.84. The summed E-state index contributed by atoms with van der Waals surface area (Å²) >= 11 is 0. The van der Waals surface area contributed by atoms with Gasteiger partial charge in [0.2, 0.25) is 5.91 Å². The Balaban J connectivity index is 1.27. The largest absolute Gasteiger partial charge is 0.586 e. The number of piperidine rings is 1. The lowest BCUT2D eigenvalue weighted by atomic mass is 9.86. The van der Waals surface area contributed by atoms with E-state index < -0.39 is 17.7 Å². The van der Waals surface area contributed by atoms with Gasteiger partial charge in [-0.15, -0.1) is 8.78 Å². The molecule has 5 rings (SSSR count). The number of aromatic nitrogens is 1. The molecular formula is C24H23F3N4O4. The van der Waals surface area contributed by atoms with Crippen molar-refractivity contribution in [2.75, 3.05) is 19.6 Å². The normalized spacial score (nSPS) is 17.8. The monoisotopic (exact) mass is 488 g/mol. The first kappa shape index (κ1) is 23.0. The molecule has 1 fully saturated rings. The first-order chi connectivity index (χ1) is 16.7. The third kappa shape index (κ3) is 4.63. The molecule has 2 aromatic carbocycles. The number of rotatable bonds is 6. The number of alkyl halides is 2. The number of ether oxygens (including phenoxy) is 2. The van der Waals surface area contributed by atoms with E-state index in [-0.39, 0.29) is 35.3 Å². The van der Waals surface area contributed by atoms with Crippen molar-refractivity contribution in [2.45, 2.75) is 31.1 Å². The van der Waals surface area contributed by atoms with E-state index >= 15 is 0 Å². The van der Waals surface area contributed by atoms with Crippen LogP contribution in [0.25, 0.3) is 10.9 Å². The zero-order valence-corrected chi connectivity index (χ0v) is 18.6. The Hall–Kier alpha value is -3.73. The van der Waals surface area contributed by atoms with E-state index in [4.69, 9.17) is 0 Å². The minimum absolute atomic E-state index is 0.0663. The highest BCUT2D eigenvalue weighted by Gasteiger charge is 2.44. The maximum absolute atomic E-state index is 13.6. The molecule has 184 valence electrons. The zero-order valence-electron chi connectivity index (χ0n) is 18.6. The van der Waals surface area contributed by atoms with Gasteiger partial charge in [0.1, 0.15) is 11.4 Å². The summed E-state index contributed by atoms with van der Waals surface area (Å²) < 4.78 is 49.0. The molecule has 4 N–H and O–H groups in total. The number of fused-ring (bicyclic) bond motifs is 2. The highest BCUT2D eigenvalue weighted by Crippen LogP contribution is 2.41. The molecule has 3 heterocycles. The molecule has 35 heavy (non-hydrogen) atoms. The van der Waals surface area contributed by atoms with E-state index in [1.807, 2.05) is 0 Å². The first-order valence-electron chi connectivity index (χ1n) is 11.2. The van der Waals surface area contributed by atoms with Gasteiger partial charge in [-0.1, -0.05) is 0 Å². The Morgan fingerprint density at radius 1 is 1.03 bits per heavy atom. The molecule has 0 bridgehead atoms. The molecule has 3 aromatic rings. The van der Waals surface area contributed by atoms with Crippen LogP contribution in [0.4, 0.5) is 13.2 Å². The van der Waals surface area contributed by atoms with Crippen LogP contribution in [-0.4, -0.2) is 48.3 Å². The SMILES string of the molecule is O=C(NC1(C(=O)NCCc2c[nH]c3ccc(F)cc23)CCNCC1)c1ccc2c(c1)OC(F)(F)O2. The second-order valence-electron chi connectivity index (χ2n) is 8.62. The number of nitrogens with one attached hydrogen (secondary N) is 4. The minimum atomic E-state index is -3.79. The summed E-state index contributed by atoms with van der Waals surface area (Å²) in [7, 11) is 0. The van der Waals surface area contributed by atoms with Crippen LogP contribution in [0.15, 0.2) is 42.6 Å². The molecule has 1 saturated heterocycles. The molecule has 0 aliphatic carbocycles. The predicted molar refractivity (Wildman–Crippen MR) is 120 cm³/mol.